The molecule has 0 aromatic heterocycles. The third-order valence-electron chi connectivity index (χ3n) is 3.39. The molecule has 1 aromatic rings. The zero-order chi connectivity index (χ0) is 16.5. The molecule has 2 rings (SSSR count). The summed E-state index contributed by atoms with van der Waals surface area (Å²) in [5, 5.41) is 2.73. The molecule has 1 aromatic carbocycles. The second-order valence-electron chi connectivity index (χ2n) is 5.08. The number of hydrogen-bond acceptors (Lipinski definition) is 5. The summed E-state index contributed by atoms with van der Waals surface area (Å²) < 4.78 is 15.3. The van der Waals surface area contributed by atoms with E-state index >= 15 is 0 Å². The molecule has 0 radical (unpaired) electrons. The second kappa shape index (κ2) is 9.12. The highest BCUT2D eigenvalue weighted by molar-refractivity contribution is 5.80. The van der Waals surface area contributed by atoms with E-state index < -0.39 is 6.09 Å². The first kappa shape index (κ1) is 17.2. The number of carbonyl (C=O) groups is 2. The molecule has 1 aliphatic rings. The van der Waals surface area contributed by atoms with Crippen molar-refractivity contribution in [2.45, 2.75) is 13.0 Å². The van der Waals surface area contributed by atoms with Crippen molar-refractivity contribution in [3.05, 3.63) is 35.9 Å². The van der Waals surface area contributed by atoms with Gasteiger partial charge in [-0.1, -0.05) is 30.3 Å². The van der Waals surface area contributed by atoms with Crippen LogP contribution in [0.2, 0.25) is 0 Å². The molecule has 0 spiro atoms. The van der Waals surface area contributed by atoms with Crippen LogP contribution < -0.4 is 0 Å². The van der Waals surface area contributed by atoms with E-state index in [1.807, 2.05) is 30.3 Å². The maximum Gasteiger partial charge on any atom is 0.429 e. The first-order valence-electron chi connectivity index (χ1n) is 7.57. The summed E-state index contributed by atoms with van der Waals surface area (Å²) in [5.74, 6) is -0.254. The van der Waals surface area contributed by atoms with Gasteiger partial charge >= 0.3 is 6.09 Å². The van der Waals surface area contributed by atoms with Crippen LogP contribution in [0.1, 0.15) is 12.0 Å². The predicted molar refractivity (Wildman–Crippen MR) is 82.4 cm³/mol. The monoisotopic (exact) mass is 322 g/mol. The van der Waals surface area contributed by atoms with Gasteiger partial charge in [-0.3, -0.25) is 4.79 Å². The first-order valence-corrected chi connectivity index (χ1v) is 7.57. The molecule has 0 aliphatic carbocycles. The normalized spacial score (nSPS) is 14.1. The van der Waals surface area contributed by atoms with Crippen LogP contribution in [0.5, 0.6) is 0 Å². The van der Waals surface area contributed by atoms with E-state index in [4.69, 9.17) is 14.2 Å². The van der Waals surface area contributed by atoms with Crippen LogP contribution in [0.25, 0.3) is 0 Å². The fourth-order valence-electron chi connectivity index (χ4n) is 2.23. The van der Waals surface area contributed by atoms with Crippen molar-refractivity contribution >= 4 is 12.0 Å². The number of ether oxygens (including phenoxy) is 3. The van der Waals surface area contributed by atoms with Crippen LogP contribution in [0.4, 0.5) is 4.79 Å². The molecule has 7 heteroatoms. The lowest BCUT2D eigenvalue weighted by Crippen LogP contribution is -2.46. The number of hydrazine groups is 1. The Morgan fingerprint density at radius 1 is 1.09 bits per heavy atom. The van der Waals surface area contributed by atoms with Crippen LogP contribution in [0.15, 0.2) is 30.3 Å². The van der Waals surface area contributed by atoms with Crippen LogP contribution in [0, 0.1) is 0 Å². The smallest absolute Gasteiger partial charge is 0.429 e. The Labute approximate surface area is 135 Å². The third kappa shape index (κ3) is 5.22. The van der Waals surface area contributed by atoms with E-state index in [1.165, 1.54) is 10.0 Å². The van der Waals surface area contributed by atoms with Gasteiger partial charge in [0.05, 0.1) is 13.2 Å². The minimum atomic E-state index is -0.517. The first-order chi connectivity index (χ1) is 11.2. The van der Waals surface area contributed by atoms with Crippen molar-refractivity contribution in [1.29, 1.82) is 0 Å². The molecule has 1 fully saturated rings. The van der Waals surface area contributed by atoms with Crippen molar-refractivity contribution in [3.63, 3.8) is 0 Å². The van der Waals surface area contributed by atoms with Crippen molar-refractivity contribution in [2.24, 2.45) is 0 Å². The molecule has 1 heterocycles. The van der Waals surface area contributed by atoms with Gasteiger partial charge in [0.1, 0.15) is 13.2 Å². The molecular weight excluding hydrogens is 300 g/mol. The molecule has 0 atom stereocenters. The molecule has 0 saturated carbocycles. The van der Waals surface area contributed by atoms with Crippen LogP contribution >= 0.6 is 0 Å². The number of amides is 2. The number of rotatable bonds is 7. The predicted octanol–water partition coefficient (Wildman–Crippen LogP) is 1.44. The van der Waals surface area contributed by atoms with E-state index in [0.717, 1.165) is 12.0 Å². The lowest BCUT2D eigenvalue weighted by atomic mass is 10.2. The highest BCUT2D eigenvalue weighted by Crippen LogP contribution is 2.13. The summed E-state index contributed by atoms with van der Waals surface area (Å²) >= 11 is 0. The fourth-order valence-corrected chi connectivity index (χ4v) is 2.23. The summed E-state index contributed by atoms with van der Waals surface area (Å²) in [7, 11) is 1.57. The Kier molecular flexibility index (Phi) is 6.83. The lowest BCUT2D eigenvalue weighted by Gasteiger charge is -2.27. The zero-order valence-electron chi connectivity index (χ0n) is 13.3. The molecule has 7 nitrogen and oxygen atoms in total. The Balaban J connectivity index is 1.80. The van der Waals surface area contributed by atoms with Crippen molar-refractivity contribution < 1.29 is 23.8 Å². The number of hydrogen-bond donors (Lipinski definition) is 0. The fraction of sp³-hybridized carbons (Fsp3) is 0.500. The summed E-state index contributed by atoms with van der Waals surface area (Å²) in [6, 6.07) is 9.42. The molecule has 0 bridgehead atoms. The van der Waals surface area contributed by atoms with Gasteiger partial charge in [0.2, 0.25) is 0 Å². The minimum Gasteiger partial charge on any atom is -0.443 e. The third-order valence-corrected chi connectivity index (χ3v) is 3.39. The molecule has 126 valence electrons. The Morgan fingerprint density at radius 3 is 2.57 bits per heavy atom. The Hall–Kier alpha value is -2.12. The highest BCUT2D eigenvalue weighted by atomic mass is 16.6. The summed E-state index contributed by atoms with van der Waals surface area (Å²) in [6.45, 7) is 1.84. The summed E-state index contributed by atoms with van der Waals surface area (Å²) in [4.78, 5) is 24.3. The van der Waals surface area contributed by atoms with E-state index in [-0.39, 0.29) is 19.1 Å². The van der Waals surface area contributed by atoms with Crippen molar-refractivity contribution in [2.75, 3.05) is 40.0 Å². The lowest BCUT2D eigenvalue weighted by molar-refractivity contribution is -0.147. The van der Waals surface area contributed by atoms with Gasteiger partial charge in [-0.25, -0.2) is 14.8 Å². The van der Waals surface area contributed by atoms with E-state index in [9.17, 15) is 9.59 Å². The standard InChI is InChI=1S/C16H22N2O5/c1-21-10-11-22-13-15(19)17-8-5-9-18(17)16(20)23-12-14-6-3-2-4-7-14/h2-4,6-7H,5,8-13H2,1H3. The molecule has 0 N–H and O–H groups in total. The van der Waals surface area contributed by atoms with E-state index in [1.54, 1.807) is 7.11 Å². The van der Waals surface area contributed by atoms with E-state index in [2.05, 4.69) is 0 Å². The summed E-state index contributed by atoms with van der Waals surface area (Å²) in [5.41, 5.74) is 0.904. The van der Waals surface area contributed by atoms with Crippen LogP contribution in [-0.4, -0.2) is 62.0 Å². The summed E-state index contributed by atoms with van der Waals surface area (Å²) in [6.07, 6.45) is 0.209. The SMILES string of the molecule is COCCOCC(=O)N1CCCN1C(=O)OCc1ccccc1. The number of nitrogens with zero attached hydrogens (tertiary/aromatic N) is 2. The number of methoxy groups -OCH3 is 1. The van der Waals surface area contributed by atoms with Gasteiger partial charge in [0.25, 0.3) is 5.91 Å². The molecule has 1 saturated heterocycles. The van der Waals surface area contributed by atoms with Gasteiger partial charge < -0.3 is 14.2 Å². The highest BCUT2D eigenvalue weighted by Gasteiger charge is 2.31. The quantitative estimate of drug-likeness (QED) is 0.711. The van der Waals surface area contributed by atoms with Gasteiger partial charge in [0.15, 0.2) is 0 Å². The van der Waals surface area contributed by atoms with Crippen LogP contribution in [-0.2, 0) is 25.6 Å². The average Bonchev–Trinajstić information content (AvgIpc) is 3.07. The Morgan fingerprint density at radius 2 is 1.83 bits per heavy atom. The zero-order valence-corrected chi connectivity index (χ0v) is 13.3. The second-order valence-corrected chi connectivity index (χ2v) is 5.08. The number of benzene rings is 1. The molecular formula is C16H22N2O5. The molecule has 1 aliphatic heterocycles. The molecule has 2 amide bonds. The van der Waals surface area contributed by atoms with Crippen LogP contribution in [0.3, 0.4) is 0 Å². The average molecular weight is 322 g/mol. The molecule has 0 unspecified atom stereocenters. The Bertz CT molecular complexity index is 508. The largest absolute Gasteiger partial charge is 0.443 e. The minimum absolute atomic E-state index is 0.0776. The van der Waals surface area contributed by atoms with Gasteiger partial charge in [-0.2, -0.15) is 0 Å². The maximum absolute atomic E-state index is 12.2. The van der Waals surface area contributed by atoms with Gasteiger partial charge in [-0.05, 0) is 12.0 Å². The van der Waals surface area contributed by atoms with Gasteiger partial charge in [-0.15, -0.1) is 0 Å². The van der Waals surface area contributed by atoms with Crippen molar-refractivity contribution in [3.8, 4) is 0 Å². The van der Waals surface area contributed by atoms with Gasteiger partial charge in [0, 0.05) is 20.2 Å². The maximum atomic E-state index is 12.2. The number of carbonyl (C=O) groups excluding carboxylic acids is 2. The van der Waals surface area contributed by atoms with Crippen molar-refractivity contribution in [1.82, 2.24) is 10.0 Å². The van der Waals surface area contributed by atoms with E-state index in [0.29, 0.717) is 26.3 Å². The topological polar surface area (TPSA) is 68.3 Å². The molecule has 23 heavy (non-hydrogen) atoms.